The first-order chi connectivity index (χ1) is 7.93. The monoisotopic (exact) mass is 345 g/mol. The van der Waals surface area contributed by atoms with Crippen molar-refractivity contribution < 1.29 is 91.4 Å². The van der Waals surface area contributed by atoms with Gasteiger partial charge in [-0.05, 0) is 18.5 Å². The number of hydrogen-bond donors (Lipinski definition) is 1. The predicted molar refractivity (Wildman–Crippen MR) is 61.9 cm³/mol. The zero-order chi connectivity index (χ0) is 14.6. The van der Waals surface area contributed by atoms with Gasteiger partial charge in [0.1, 0.15) is 0 Å². The Labute approximate surface area is 163 Å². The quantitative estimate of drug-likeness (QED) is 0.263. The van der Waals surface area contributed by atoms with E-state index in [-0.39, 0.29) is 71.2 Å². The molecule has 0 aromatic carbocycles. The molecule has 0 aromatic heterocycles. The van der Waals surface area contributed by atoms with Crippen LogP contribution in [0.15, 0.2) is 0 Å². The minimum Gasteiger partial charge on any atom is -0.799 e. The van der Waals surface area contributed by atoms with Gasteiger partial charge in [0.25, 0.3) is 0 Å². The zero-order valence-electron chi connectivity index (χ0n) is 12.1. The van der Waals surface area contributed by atoms with Crippen LogP contribution in [0.3, 0.4) is 0 Å². The van der Waals surface area contributed by atoms with Crippen LogP contribution in [0.5, 0.6) is 0 Å². The fourth-order valence-electron chi connectivity index (χ4n) is 1.45. The van der Waals surface area contributed by atoms with Gasteiger partial charge in [-0.3, -0.25) is 4.79 Å². The van der Waals surface area contributed by atoms with Crippen LogP contribution < -0.4 is 64.0 Å². The normalized spacial score (nSPS) is 15.7. The maximum absolute atomic E-state index is 11.6. The van der Waals surface area contributed by atoms with E-state index < -0.39 is 42.0 Å². The van der Waals surface area contributed by atoms with Crippen molar-refractivity contribution in [2.24, 2.45) is 11.8 Å². The molecule has 1 radical (unpaired) electrons. The molecule has 0 heterocycles. The van der Waals surface area contributed by atoms with E-state index in [9.17, 15) is 27.2 Å². The van der Waals surface area contributed by atoms with Crippen molar-refractivity contribution in [1.29, 1.82) is 0 Å². The smallest absolute Gasteiger partial charge is 0.799 e. The molecule has 11 heteroatoms. The van der Waals surface area contributed by atoms with Gasteiger partial charge in [-0.25, -0.2) is 8.42 Å². The van der Waals surface area contributed by atoms with Crippen molar-refractivity contribution in [3.05, 3.63) is 5.75 Å². The molecule has 0 aliphatic heterocycles. The summed E-state index contributed by atoms with van der Waals surface area (Å²) in [6.45, 7) is 3.35. The zero-order valence-corrected chi connectivity index (χ0v) is 17.8. The molecular formula is C9H16Na2O7PS. The molecule has 0 saturated heterocycles. The molecule has 0 bridgehead atoms. The van der Waals surface area contributed by atoms with Gasteiger partial charge in [0.05, 0.1) is 21.8 Å². The van der Waals surface area contributed by atoms with E-state index >= 15 is 0 Å². The third kappa shape index (κ3) is 14.5. The first-order valence-corrected chi connectivity index (χ1v) is 8.70. The fourth-order valence-corrected chi connectivity index (χ4v) is 4.16. The van der Waals surface area contributed by atoms with E-state index in [1.165, 1.54) is 0 Å². The Hall–Kier alpha value is 1.57. The molecule has 0 amide bonds. The maximum atomic E-state index is 11.6. The van der Waals surface area contributed by atoms with Crippen LogP contribution in [0.4, 0.5) is 0 Å². The second kappa shape index (κ2) is 11.2. The molecule has 0 aromatic rings. The van der Waals surface area contributed by atoms with Crippen molar-refractivity contribution in [2.75, 3.05) is 12.3 Å². The predicted octanol–water partition coefficient (Wildman–Crippen LogP) is -5.91. The van der Waals surface area contributed by atoms with Gasteiger partial charge < -0.3 is 19.1 Å². The Balaban J connectivity index is -0.00000144. The van der Waals surface area contributed by atoms with Gasteiger partial charge in [-0.2, -0.15) is 0 Å². The summed E-state index contributed by atoms with van der Waals surface area (Å²) in [4.78, 5) is 22.4. The minimum atomic E-state index is -4.66. The van der Waals surface area contributed by atoms with Crippen LogP contribution in [-0.2, 0) is 19.5 Å². The molecule has 1 N–H and O–H groups in total. The van der Waals surface area contributed by atoms with Gasteiger partial charge in [0.15, 0.2) is 0 Å². The summed E-state index contributed by atoms with van der Waals surface area (Å²) in [6.07, 6.45) is -1.40. The third-order valence-corrected chi connectivity index (χ3v) is 4.96. The summed E-state index contributed by atoms with van der Waals surface area (Å²) in [6, 6.07) is 0. The first-order valence-electron chi connectivity index (χ1n) is 5.24. The summed E-state index contributed by atoms with van der Waals surface area (Å²) in [7, 11) is -8.55. The first kappa shape index (κ1) is 26.5. The molecule has 20 heavy (non-hydrogen) atoms. The van der Waals surface area contributed by atoms with Gasteiger partial charge in [0.2, 0.25) is 0 Å². The summed E-state index contributed by atoms with van der Waals surface area (Å²) in [5, 5.41) is 8.79. The maximum Gasteiger partial charge on any atom is 1.00 e. The van der Waals surface area contributed by atoms with E-state index in [1.807, 2.05) is 0 Å². The molecule has 2 atom stereocenters. The molecule has 0 spiro atoms. The number of carboxylic acids is 1. The van der Waals surface area contributed by atoms with Crippen molar-refractivity contribution >= 4 is 23.5 Å². The Kier molecular flexibility index (Phi) is 14.8. The van der Waals surface area contributed by atoms with Crippen molar-refractivity contribution in [2.45, 2.75) is 20.3 Å². The average molecular weight is 345 g/mol. The van der Waals surface area contributed by atoms with Crippen molar-refractivity contribution in [1.82, 2.24) is 0 Å². The molecule has 0 rings (SSSR count). The van der Waals surface area contributed by atoms with Gasteiger partial charge in [-0.15, -0.1) is 0 Å². The standard InChI is InChI=1S/C9H18O7PS.2Na/c1-7(2)5-17(12,13)6-8(9(10)11)3-4-18(14,15)16;;/h4,7-8H,3,5-6H2,1-2H3,(H,10,11)(H,12,13)(H,14,15,16);;/q;2*+1/p-2. The summed E-state index contributed by atoms with van der Waals surface area (Å²) in [5.74, 6) is -2.69. The van der Waals surface area contributed by atoms with E-state index in [0.29, 0.717) is 5.75 Å². The van der Waals surface area contributed by atoms with Crippen molar-refractivity contribution in [3.63, 3.8) is 0 Å². The number of carboxylic acid groups (broad SMARTS) is 1. The number of rotatable bonds is 8. The van der Waals surface area contributed by atoms with Crippen LogP contribution in [0.1, 0.15) is 20.3 Å². The molecule has 2 unspecified atom stereocenters. The number of hydrogen-bond acceptors (Lipinski definition) is 6. The van der Waals surface area contributed by atoms with Crippen LogP contribution in [0.25, 0.3) is 0 Å². The van der Waals surface area contributed by atoms with E-state index in [1.54, 1.807) is 13.8 Å². The topological polar surface area (TPSA) is 135 Å². The fraction of sp³-hybridized carbons (Fsp3) is 0.778. The molecule has 0 aliphatic rings. The molecule has 7 nitrogen and oxygen atoms in total. The van der Waals surface area contributed by atoms with Crippen LogP contribution in [0, 0.1) is 17.6 Å². The Morgan fingerprint density at radius 2 is 1.75 bits per heavy atom. The Morgan fingerprint density at radius 1 is 1.30 bits per heavy atom. The van der Waals surface area contributed by atoms with Crippen LogP contribution in [0.2, 0.25) is 0 Å². The van der Waals surface area contributed by atoms with E-state index in [4.69, 9.17) is 5.11 Å². The summed E-state index contributed by atoms with van der Waals surface area (Å²) in [5.41, 5.74) is 0. The van der Waals surface area contributed by atoms with Crippen LogP contribution in [-0.4, -0.2) is 36.4 Å². The van der Waals surface area contributed by atoms with Gasteiger partial charge in [0, 0.05) is 13.5 Å². The Bertz CT molecular complexity index is 438. The Morgan fingerprint density at radius 3 is 2.05 bits per heavy atom. The second-order valence-electron chi connectivity index (χ2n) is 4.50. The molecule has 0 fully saturated rings. The SMILES string of the molecule is CC(C)CP(=O)([O-])CC(C[CH]S(=O)(=O)[O-])C(=O)O.[Na+].[Na+]. The molecular weight excluding hydrogens is 329 g/mol. The molecule has 107 valence electrons. The second-order valence-corrected chi connectivity index (χ2v) is 8.18. The molecule has 0 saturated carbocycles. The minimum absolute atomic E-state index is 0. The summed E-state index contributed by atoms with van der Waals surface area (Å²) < 4.78 is 42.7. The average Bonchev–Trinajstić information content (AvgIpc) is 2.07. The van der Waals surface area contributed by atoms with Gasteiger partial charge >= 0.3 is 65.1 Å². The van der Waals surface area contributed by atoms with Gasteiger partial charge in [-0.1, -0.05) is 13.8 Å². The van der Waals surface area contributed by atoms with Crippen LogP contribution >= 0.6 is 7.37 Å². The van der Waals surface area contributed by atoms with E-state index in [0.717, 1.165) is 0 Å². The van der Waals surface area contributed by atoms with Crippen molar-refractivity contribution in [3.8, 4) is 0 Å². The number of aliphatic carboxylic acids is 1. The third-order valence-electron chi connectivity index (χ3n) is 2.08. The number of carbonyl (C=O) groups is 1. The summed E-state index contributed by atoms with van der Waals surface area (Å²) >= 11 is 0. The largest absolute Gasteiger partial charge is 1.00 e. The van der Waals surface area contributed by atoms with E-state index in [2.05, 4.69) is 0 Å². The molecule has 0 aliphatic carbocycles.